The van der Waals surface area contributed by atoms with E-state index in [2.05, 4.69) is 18.7 Å². The van der Waals surface area contributed by atoms with Gasteiger partial charge in [-0.1, -0.05) is 26.0 Å². The number of likely N-dealkylation sites (tertiary alicyclic amines) is 1. The van der Waals surface area contributed by atoms with E-state index >= 15 is 0 Å². The van der Waals surface area contributed by atoms with E-state index in [1.54, 1.807) is 12.1 Å². The highest BCUT2D eigenvalue weighted by Crippen LogP contribution is 2.24. The van der Waals surface area contributed by atoms with Crippen LogP contribution in [0.2, 0.25) is 0 Å². The number of piperazine rings is 1. The minimum atomic E-state index is -3.72. The number of hydrogen-bond acceptors (Lipinski definition) is 5. The molecule has 3 atom stereocenters. The van der Waals surface area contributed by atoms with Gasteiger partial charge in [0.05, 0.1) is 16.5 Å². The first kappa shape index (κ1) is 21.8. The van der Waals surface area contributed by atoms with E-state index in [0.29, 0.717) is 38.0 Å². The number of rotatable bonds is 4. The van der Waals surface area contributed by atoms with Crippen LogP contribution in [-0.2, 0) is 14.8 Å². The van der Waals surface area contributed by atoms with Gasteiger partial charge in [-0.05, 0) is 37.3 Å². The van der Waals surface area contributed by atoms with Crippen LogP contribution in [0.25, 0.3) is 0 Å². The Morgan fingerprint density at radius 3 is 2.28 bits per heavy atom. The predicted octanol–water partition coefficient (Wildman–Crippen LogP) is 1.76. The Labute approximate surface area is 173 Å². The number of amides is 1. The summed E-state index contributed by atoms with van der Waals surface area (Å²) in [6, 6.07) is 7.98. The van der Waals surface area contributed by atoms with Gasteiger partial charge in [-0.3, -0.25) is 9.69 Å². The van der Waals surface area contributed by atoms with Crippen LogP contribution in [0.15, 0.2) is 29.2 Å². The van der Waals surface area contributed by atoms with E-state index in [4.69, 9.17) is 0 Å². The van der Waals surface area contributed by atoms with Gasteiger partial charge < -0.3 is 4.90 Å². The van der Waals surface area contributed by atoms with Crippen LogP contribution in [0, 0.1) is 23.2 Å². The summed E-state index contributed by atoms with van der Waals surface area (Å²) in [5.41, 5.74) is 0.159. The fourth-order valence-electron chi connectivity index (χ4n) is 4.52. The van der Waals surface area contributed by atoms with Crippen LogP contribution in [0.3, 0.4) is 0 Å². The quantitative estimate of drug-likeness (QED) is 0.744. The van der Waals surface area contributed by atoms with Crippen LogP contribution in [0.5, 0.6) is 0 Å². The first-order valence-electron chi connectivity index (χ1n) is 10.3. The summed E-state index contributed by atoms with van der Waals surface area (Å²) in [6.07, 6.45) is 1.15. The molecule has 2 fully saturated rings. The summed E-state index contributed by atoms with van der Waals surface area (Å²) < 4.78 is 27.4. The van der Waals surface area contributed by atoms with Crippen molar-refractivity contribution < 1.29 is 13.2 Å². The van der Waals surface area contributed by atoms with Gasteiger partial charge in [0.15, 0.2) is 0 Å². The summed E-state index contributed by atoms with van der Waals surface area (Å²) in [5.74, 6) is 1.16. The largest absolute Gasteiger partial charge is 0.341 e. The maximum absolute atomic E-state index is 13.0. The number of hydrogen-bond donors (Lipinski definition) is 0. The lowest BCUT2D eigenvalue weighted by atomic mass is 9.91. The summed E-state index contributed by atoms with van der Waals surface area (Å²) in [5, 5.41) is 9.23. The van der Waals surface area contributed by atoms with Gasteiger partial charge in [-0.25, -0.2) is 8.42 Å². The molecule has 29 heavy (non-hydrogen) atoms. The normalized spacial score (nSPS) is 25.4. The molecule has 1 aromatic rings. The van der Waals surface area contributed by atoms with Gasteiger partial charge in [0.1, 0.15) is 6.07 Å². The molecule has 0 aromatic heterocycles. The molecule has 3 rings (SSSR count). The Bertz CT molecular complexity index is 877. The summed E-state index contributed by atoms with van der Waals surface area (Å²) in [7, 11) is -3.72. The highest BCUT2D eigenvalue weighted by atomic mass is 32.2. The van der Waals surface area contributed by atoms with Crippen LogP contribution in [0.1, 0.15) is 32.8 Å². The van der Waals surface area contributed by atoms with E-state index in [1.807, 2.05) is 17.9 Å². The highest BCUT2D eigenvalue weighted by Gasteiger charge is 2.35. The molecule has 2 saturated heterocycles. The van der Waals surface area contributed by atoms with Gasteiger partial charge in [-0.15, -0.1) is 0 Å². The van der Waals surface area contributed by atoms with E-state index in [-0.39, 0.29) is 22.4 Å². The first-order valence-corrected chi connectivity index (χ1v) is 11.7. The minimum absolute atomic E-state index is 0.0522. The second-order valence-electron chi connectivity index (χ2n) is 8.41. The van der Waals surface area contributed by atoms with Crippen molar-refractivity contribution in [2.24, 2.45) is 11.8 Å². The molecule has 1 amide bonds. The number of carbonyl (C=O) groups excluding carboxylic acids is 1. The van der Waals surface area contributed by atoms with E-state index in [1.165, 1.54) is 16.4 Å². The molecule has 2 aliphatic heterocycles. The first-order chi connectivity index (χ1) is 13.7. The highest BCUT2D eigenvalue weighted by molar-refractivity contribution is 7.89. The Morgan fingerprint density at radius 1 is 1.10 bits per heavy atom. The van der Waals surface area contributed by atoms with Crippen molar-refractivity contribution in [3.05, 3.63) is 29.8 Å². The number of carbonyl (C=O) groups is 1. The summed E-state index contributed by atoms with van der Waals surface area (Å²) >= 11 is 0. The number of piperidine rings is 1. The van der Waals surface area contributed by atoms with Gasteiger partial charge in [0.2, 0.25) is 15.9 Å². The average molecular weight is 419 g/mol. The van der Waals surface area contributed by atoms with Gasteiger partial charge in [-0.2, -0.15) is 9.57 Å². The predicted molar refractivity (Wildman–Crippen MR) is 110 cm³/mol. The lowest BCUT2D eigenvalue weighted by Gasteiger charge is -2.41. The van der Waals surface area contributed by atoms with Crippen molar-refractivity contribution in [3.8, 4) is 6.07 Å². The van der Waals surface area contributed by atoms with Gasteiger partial charge >= 0.3 is 0 Å². The van der Waals surface area contributed by atoms with Crippen LogP contribution in [-0.4, -0.2) is 73.7 Å². The van der Waals surface area contributed by atoms with E-state index in [9.17, 15) is 18.5 Å². The molecular formula is C21H30N4O3S. The van der Waals surface area contributed by atoms with Crippen LogP contribution >= 0.6 is 0 Å². The van der Waals surface area contributed by atoms with E-state index < -0.39 is 10.0 Å². The molecule has 158 valence electrons. The van der Waals surface area contributed by atoms with Crippen molar-refractivity contribution >= 4 is 15.9 Å². The molecule has 0 N–H and O–H groups in total. The van der Waals surface area contributed by atoms with Crippen molar-refractivity contribution in [2.75, 3.05) is 39.3 Å². The molecule has 0 aliphatic carbocycles. The number of nitrogens with zero attached hydrogens (tertiary/aromatic N) is 4. The van der Waals surface area contributed by atoms with Gasteiger partial charge in [0.25, 0.3) is 0 Å². The Hall–Kier alpha value is -1.95. The second-order valence-corrected chi connectivity index (χ2v) is 10.3. The molecule has 7 nitrogen and oxygen atoms in total. The molecule has 0 spiro atoms. The average Bonchev–Trinajstić information content (AvgIpc) is 2.72. The molecule has 0 radical (unpaired) electrons. The standard InChI is InChI=1S/C21H30N4O3S/c1-16-12-17(2)15-24(14-16)21(26)18(3)23-8-10-25(11-9-23)29(27,28)20-7-5-4-6-19(20)13-22/h4-7,16-18H,8-12,14-15H2,1-3H3/t16-,17-,18-/m1/s1. The minimum Gasteiger partial charge on any atom is -0.341 e. The third-order valence-corrected chi connectivity index (χ3v) is 7.94. The zero-order chi connectivity index (χ0) is 21.2. The smallest absolute Gasteiger partial charge is 0.244 e. The Morgan fingerprint density at radius 2 is 1.69 bits per heavy atom. The van der Waals surface area contributed by atoms with E-state index in [0.717, 1.165) is 19.5 Å². The fourth-order valence-corrected chi connectivity index (χ4v) is 6.08. The second kappa shape index (κ2) is 8.82. The third-order valence-electron chi connectivity index (χ3n) is 5.98. The maximum Gasteiger partial charge on any atom is 0.244 e. The topological polar surface area (TPSA) is 84.7 Å². The lowest BCUT2D eigenvalue weighted by Crippen LogP contribution is -2.56. The summed E-state index contributed by atoms with van der Waals surface area (Å²) in [6.45, 7) is 9.51. The fraction of sp³-hybridized carbons (Fsp3) is 0.619. The zero-order valence-corrected chi connectivity index (χ0v) is 18.2. The molecule has 1 aromatic carbocycles. The maximum atomic E-state index is 13.0. The molecule has 2 heterocycles. The third kappa shape index (κ3) is 4.63. The molecule has 0 saturated carbocycles. The Kier molecular flexibility index (Phi) is 6.62. The SMILES string of the molecule is C[C@@H]1C[C@@H](C)CN(C(=O)[C@@H](C)N2CCN(S(=O)(=O)c3ccccc3C#N)CC2)C1. The number of sulfonamides is 1. The van der Waals surface area contributed by atoms with Crippen molar-refractivity contribution in [2.45, 2.75) is 38.1 Å². The lowest BCUT2D eigenvalue weighted by molar-refractivity contribution is -0.139. The number of nitriles is 1. The molecule has 8 heteroatoms. The Balaban J connectivity index is 1.64. The summed E-state index contributed by atoms with van der Waals surface area (Å²) in [4.78, 5) is 17.1. The number of benzene rings is 1. The van der Waals surface area contributed by atoms with Crippen LogP contribution in [0.4, 0.5) is 0 Å². The molecule has 0 bridgehead atoms. The van der Waals surface area contributed by atoms with Gasteiger partial charge in [0, 0.05) is 39.3 Å². The van der Waals surface area contributed by atoms with Crippen molar-refractivity contribution in [1.29, 1.82) is 5.26 Å². The molecular weight excluding hydrogens is 388 g/mol. The molecule has 2 aliphatic rings. The van der Waals surface area contributed by atoms with Crippen molar-refractivity contribution in [1.82, 2.24) is 14.1 Å². The monoisotopic (exact) mass is 418 g/mol. The van der Waals surface area contributed by atoms with Crippen LogP contribution < -0.4 is 0 Å². The molecule has 0 unspecified atom stereocenters. The zero-order valence-electron chi connectivity index (χ0n) is 17.4. The van der Waals surface area contributed by atoms with Crippen molar-refractivity contribution in [3.63, 3.8) is 0 Å².